The van der Waals surface area contributed by atoms with Crippen LogP contribution in [-0.4, -0.2) is 27.1 Å². The number of anilines is 2. The van der Waals surface area contributed by atoms with Gasteiger partial charge in [-0.15, -0.1) is 11.3 Å². The molecule has 0 aliphatic carbocycles. The summed E-state index contributed by atoms with van der Waals surface area (Å²) in [5, 5.41) is 14.0. The van der Waals surface area contributed by atoms with Gasteiger partial charge in [0.2, 0.25) is 5.95 Å². The molecule has 1 aromatic carbocycles. The van der Waals surface area contributed by atoms with Gasteiger partial charge in [-0.05, 0) is 42.8 Å². The van der Waals surface area contributed by atoms with Crippen LogP contribution in [0.4, 0.5) is 16.4 Å². The number of nitrogens with zero attached hydrogens (tertiary/aromatic N) is 2. The van der Waals surface area contributed by atoms with E-state index in [9.17, 15) is 9.59 Å². The van der Waals surface area contributed by atoms with Crippen molar-refractivity contribution >= 4 is 35.0 Å². The van der Waals surface area contributed by atoms with Crippen molar-refractivity contribution in [2.45, 2.75) is 13.0 Å². The Labute approximate surface area is 159 Å². The number of thiophene rings is 1. The zero-order valence-corrected chi connectivity index (χ0v) is 15.2. The van der Waals surface area contributed by atoms with Crippen molar-refractivity contribution < 1.29 is 14.7 Å². The van der Waals surface area contributed by atoms with Crippen LogP contribution in [0.5, 0.6) is 0 Å². The molecule has 27 heavy (non-hydrogen) atoms. The lowest BCUT2D eigenvalue weighted by Crippen LogP contribution is -2.25. The molecule has 0 saturated carbocycles. The number of aromatic nitrogens is 2. The van der Waals surface area contributed by atoms with E-state index >= 15 is 0 Å². The zero-order valence-electron chi connectivity index (χ0n) is 14.3. The molecule has 0 bridgehead atoms. The third-order valence-corrected chi connectivity index (χ3v) is 4.85. The Morgan fingerprint density at radius 1 is 1.22 bits per heavy atom. The molecule has 5 N–H and O–H groups in total. The second kappa shape index (κ2) is 7.83. The molecule has 1 unspecified atom stereocenters. The summed E-state index contributed by atoms with van der Waals surface area (Å²) in [7, 11) is 0. The monoisotopic (exact) mass is 383 g/mol. The summed E-state index contributed by atoms with van der Waals surface area (Å²) in [4.78, 5) is 32.6. The van der Waals surface area contributed by atoms with Gasteiger partial charge in [-0.25, -0.2) is 14.8 Å². The maximum absolute atomic E-state index is 12.5. The van der Waals surface area contributed by atoms with Gasteiger partial charge in [0.1, 0.15) is 0 Å². The number of benzene rings is 1. The molecule has 2 aromatic heterocycles. The van der Waals surface area contributed by atoms with Gasteiger partial charge in [0, 0.05) is 11.9 Å². The molecule has 2 heterocycles. The molecule has 0 fully saturated rings. The van der Waals surface area contributed by atoms with Crippen LogP contribution in [0.15, 0.2) is 48.7 Å². The molecule has 2 amide bonds. The standard InChI is InChI=1S/C18H17N5O3S/c1-10(11-3-2-4-12(9-11)22-18(25)26)21-16(24)15-6-5-14(27-15)13-7-8-20-17(19)23-13/h2-10,22H,1H3,(H,21,24)(H,25,26)(H2,19,20,23). The molecule has 0 aliphatic rings. The Morgan fingerprint density at radius 2 is 2.04 bits per heavy atom. The Morgan fingerprint density at radius 3 is 2.78 bits per heavy atom. The van der Waals surface area contributed by atoms with E-state index in [4.69, 9.17) is 10.8 Å². The molecule has 9 heteroatoms. The summed E-state index contributed by atoms with van der Waals surface area (Å²) in [5.74, 6) is -0.0484. The topological polar surface area (TPSA) is 130 Å². The quantitative estimate of drug-likeness (QED) is 0.534. The van der Waals surface area contributed by atoms with E-state index in [-0.39, 0.29) is 17.9 Å². The first-order chi connectivity index (χ1) is 12.9. The van der Waals surface area contributed by atoms with E-state index < -0.39 is 6.09 Å². The molecule has 8 nitrogen and oxygen atoms in total. The highest BCUT2D eigenvalue weighted by molar-refractivity contribution is 7.17. The van der Waals surface area contributed by atoms with Crippen LogP contribution in [0.2, 0.25) is 0 Å². The number of nitrogen functional groups attached to an aromatic ring is 1. The Hall–Kier alpha value is -3.46. The van der Waals surface area contributed by atoms with Gasteiger partial charge in [-0.3, -0.25) is 10.1 Å². The lowest BCUT2D eigenvalue weighted by atomic mass is 10.1. The summed E-state index contributed by atoms with van der Waals surface area (Å²) in [6.45, 7) is 1.83. The van der Waals surface area contributed by atoms with Crippen molar-refractivity contribution in [1.29, 1.82) is 0 Å². The second-order valence-corrected chi connectivity index (χ2v) is 6.80. The molecule has 3 aromatic rings. The summed E-state index contributed by atoms with van der Waals surface area (Å²) >= 11 is 1.30. The number of carbonyl (C=O) groups excluding carboxylic acids is 1. The van der Waals surface area contributed by atoms with Crippen LogP contribution in [0.1, 0.15) is 28.2 Å². The Kier molecular flexibility index (Phi) is 5.32. The number of hydrogen-bond donors (Lipinski definition) is 4. The van der Waals surface area contributed by atoms with Gasteiger partial charge >= 0.3 is 6.09 Å². The first-order valence-electron chi connectivity index (χ1n) is 8.02. The fourth-order valence-electron chi connectivity index (χ4n) is 2.47. The van der Waals surface area contributed by atoms with Crippen molar-refractivity contribution in [3.05, 3.63) is 59.1 Å². The van der Waals surface area contributed by atoms with Crippen molar-refractivity contribution in [2.75, 3.05) is 11.1 Å². The third kappa shape index (κ3) is 4.59. The molecular weight excluding hydrogens is 366 g/mol. The van der Waals surface area contributed by atoms with Crippen LogP contribution >= 0.6 is 11.3 Å². The maximum atomic E-state index is 12.5. The van der Waals surface area contributed by atoms with Gasteiger partial charge in [-0.1, -0.05) is 12.1 Å². The zero-order chi connectivity index (χ0) is 19.4. The lowest BCUT2D eigenvalue weighted by molar-refractivity contribution is 0.0944. The van der Waals surface area contributed by atoms with E-state index in [0.29, 0.717) is 16.3 Å². The maximum Gasteiger partial charge on any atom is 0.409 e. The van der Waals surface area contributed by atoms with Crippen molar-refractivity contribution in [1.82, 2.24) is 15.3 Å². The molecule has 138 valence electrons. The molecule has 0 radical (unpaired) electrons. The molecule has 0 spiro atoms. The van der Waals surface area contributed by atoms with E-state index in [0.717, 1.165) is 10.4 Å². The van der Waals surface area contributed by atoms with Gasteiger partial charge in [0.25, 0.3) is 5.91 Å². The number of carbonyl (C=O) groups is 2. The Bertz CT molecular complexity index is 988. The van der Waals surface area contributed by atoms with Crippen molar-refractivity contribution in [2.24, 2.45) is 0 Å². The minimum Gasteiger partial charge on any atom is -0.465 e. The molecule has 1 atom stereocenters. The molecule has 0 saturated heterocycles. The smallest absolute Gasteiger partial charge is 0.409 e. The van der Waals surface area contributed by atoms with E-state index in [1.54, 1.807) is 36.5 Å². The van der Waals surface area contributed by atoms with Gasteiger partial charge in [0.05, 0.1) is 21.5 Å². The van der Waals surface area contributed by atoms with Gasteiger partial charge in [0.15, 0.2) is 0 Å². The minimum absolute atomic E-state index is 0.176. The second-order valence-electron chi connectivity index (χ2n) is 5.71. The summed E-state index contributed by atoms with van der Waals surface area (Å²) in [6, 6.07) is 11.8. The van der Waals surface area contributed by atoms with Crippen LogP contribution < -0.4 is 16.4 Å². The highest BCUT2D eigenvalue weighted by Gasteiger charge is 2.15. The van der Waals surface area contributed by atoms with Gasteiger partial charge in [-0.2, -0.15) is 0 Å². The predicted molar refractivity (Wildman–Crippen MR) is 104 cm³/mol. The normalized spacial score (nSPS) is 11.6. The van der Waals surface area contributed by atoms with Gasteiger partial charge < -0.3 is 16.2 Å². The fourth-order valence-corrected chi connectivity index (χ4v) is 3.35. The predicted octanol–water partition coefficient (Wildman–Crippen LogP) is 3.37. The SMILES string of the molecule is CC(NC(=O)c1ccc(-c2ccnc(N)n2)s1)c1cccc(NC(=O)O)c1. The third-order valence-electron chi connectivity index (χ3n) is 3.74. The van der Waals surface area contributed by atoms with Crippen LogP contribution in [0, 0.1) is 0 Å². The van der Waals surface area contributed by atoms with E-state index in [1.165, 1.54) is 11.3 Å². The summed E-state index contributed by atoms with van der Waals surface area (Å²) in [6.07, 6.45) is 0.428. The number of nitrogens with one attached hydrogen (secondary N) is 2. The molecule has 3 rings (SSSR count). The highest BCUT2D eigenvalue weighted by Crippen LogP contribution is 2.27. The summed E-state index contributed by atoms with van der Waals surface area (Å²) in [5.41, 5.74) is 7.49. The van der Waals surface area contributed by atoms with E-state index in [2.05, 4.69) is 20.6 Å². The van der Waals surface area contributed by atoms with Crippen LogP contribution in [0.3, 0.4) is 0 Å². The Balaban J connectivity index is 1.71. The average Bonchev–Trinajstić information content (AvgIpc) is 3.11. The number of hydrogen-bond acceptors (Lipinski definition) is 6. The van der Waals surface area contributed by atoms with E-state index in [1.807, 2.05) is 19.1 Å². The first kappa shape index (κ1) is 18.3. The number of carboxylic acid groups (broad SMARTS) is 1. The number of rotatable bonds is 5. The summed E-state index contributed by atoms with van der Waals surface area (Å²) < 4.78 is 0. The van der Waals surface area contributed by atoms with Crippen LogP contribution in [-0.2, 0) is 0 Å². The number of amides is 2. The van der Waals surface area contributed by atoms with Crippen molar-refractivity contribution in [3.8, 4) is 10.6 Å². The first-order valence-corrected chi connectivity index (χ1v) is 8.83. The largest absolute Gasteiger partial charge is 0.465 e. The fraction of sp³-hybridized carbons (Fsp3) is 0.111. The average molecular weight is 383 g/mol. The lowest BCUT2D eigenvalue weighted by Gasteiger charge is -2.14. The van der Waals surface area contributed by atoms with Crippen LogP contribution in [0.25, 0.3) is 10.6 Å². The molecule has 0 aliphatic heterocycles. The van der Waals surface area contributed by atoms with Crippen molar-refractivity contribution in [3.63, 3.8) is 0 Å². The molecular formula is C18H17N5O3S. The number of nitrogens with two attached hydrogens (primary N) is 1. The minimum atomic E-state index is -1.14. The highest BCUT2D eigenvalue weighted by atomic mass is 32.1.